The van der Waals surface area contributed by atoms with Crippen molar-refractivity contribution in [3.8, 4) is 5.75 Å². The lowest BCUT2D eigenvalue weighted by molar-refractivity contribution is -0.135. The van der Waals surface area contributed by atoms with Crippen molar-refractivity contribution >= 4 is 29.1 Å². The number of amides is 2. The molecule has 2 amide bonds. The van der Waals surface area contributed by atoms with Crippen LogP contribution in [-0.2, 0) is 9.59 Å². The van der Waals surface area contributed by atoms with E-state index >= 15 is 0 Å². The number of hydrogen-bond donors (Lipinski definition) is 1. The van der Waals surface area contributed by atoms with Gasteiger partial charge in [0, 0.05) is 19.5 Å². The van der Waals surface area contributed by atoms with Gasteiger partial charge in [-0.3, -0.25) is 9.59 Å². The first-order valence-electron chi connectivity index (χ1n) is 8.27. The Balaban J connectivity index is 1.96. The largest absolute Gasteiger partial charge is 0.494 e. The van der Waals surface area contributed by atoms with Crippen molar-refractivity contribution in [1.82, 2.24) is 4.90 Å². The first kappa shape index (κ1) is 20.0. The van der Waals surface area contributed by atoms with Crippen LogP contribution in [0.15, 0.2) is 30.3 Å². The third-order valence-corrected chi connectivity index (χ3v) is 4.95. The zero-order chi connectivity index (χ0) is 20.6. The van der Waals surface area contributed by atoms with E-state index in [1.54, 1.807) is 0 Å². The van der Waals surface area contributed by atoms with Crippen LogP contribution >= 0.6 is 11.6 Å². The lowest BCUT2D eigenvalue weighted by atomic mass is 9.87. The third kappa shape index (κ3) is 3.52. The van der Waals surface area contributed by atoms with Crippen molar-refractivity contribution in [2.45, 2.75) is 5.92 Å². The zero-order valence-electron chi connectivity index (χ0n) is 14.9. The summed E-state index contributed by atoms with van der Waals surface area (Å²) in [6.45, 7) is 0.160. The number of likely N-dealkylation sites (tertiary alicyclic amines) is 1. The van der Waals surface area contributed by atoms with Gasteiger partial charge in [0.1, 0.15) is 5.92 Å². The minimum absolute atomic E-state index is 0.125. The van der Waals surface area contributed by atoms with Crippen LogP contribution in [0.3, 0.4) is 0 Å². The molecule has 1 aliphatic rings. The smallest absolute Gasteiger partial charge is 0.237 e. The molecular weight excluding hydrogens is 397 g/mol. The number of benzene rings is 2. The van der Waals surface area contributed by atoms with Gasteiger partial charge in [-0.25, -0.2) is 13.2 Å². The predicted octanol–water partition coefficient (Wildman–Crippen LogP) is 3.58. The summed E-state index contributed by atoms with van der Waals surface area (Å²) in [7, 11) is 2.77. The molecule has 9 heteroatoms. The number of rotatable bonds is 4. The molecule has 5 nitrogen and oxygen atoms in total. The van der Waals surface area contributed by atoms with Crippen molar-refractivity contribution in [3.05, 3.63) is 58.4 Å². The van der Waals surface area contributed by atoms with Crippen LogP contribution in [0.5, 0.6) is 5.75 Å². The van der Waals surface area contributed by atoms with E-state index in [4.69, 9.17) is 16.3 Å². The van der Waals surface area contributed by atoms with Crippen molar-refractivity contribution < 1.29 is 27.5 Å². The molecule has 1 heterocycles. The predicted molar refractivity (Wildman–Crippen MR) is 96.8 cm³/mol. The average Bonchev–Trinajstić information content (AvgIpc) is 2.96. The molecule has 0 radical (unpaired) electrons. The van der Waals surface area contributed by atoms with Gasteiger partial charge in [0.2, 0.25) is 11.8 Å². The monoisotopic (exact) mass is 412 g/mol. The summed E-state index contributed by atoms with van der Waals surface area (Å²) in [5, 5.41) is 2.04. The molecular formula is C19H16ClF3N2O3. The van der Waals surface area contributed by atoms with Crippen LogP contribution in [0.25, 0.3) is 0 Å². The van der Waals surface area contributed by atoms with Crippen LogP contribution in [0.2, 0.25) is 5.02 Å². The fraction of sp³-hybridized carbons (Fsp3) is 0.263. The molecule has 28 heavy (non-hydrogen) atoms. The lowest BCUT2D eigenvalue weighted by Crippen LogP contribution is -2.33. The Kier molecular flexibility index (Phi) is 5.51. The molecule has 1 saturated heterocycles. The Labute approximate surface area is 164 Å². The van der Waals surface area contributed by atoms with E-state index in [0.29, 0.717) is 5.56 Å². The van der Waals surface area contributed by atoms with Crippen LogP contribution in [0.4, 0.5) is 18.9 Å². The van der Waals surface area contributed by atoms with Crippen LogP contribution < -0.4 is 10.1 Å². The Morgan fingerprint density at radius 3 is 2.64 bits per heavy atom. The number of carbonyl (C=O) groups is 2. The molecule has 0 aliphatic carbocycles. The standard InChI is InChI=1S/C19H16ClF3N2O3/c1-25-8-10(9-6-11(20)16(22)14(7-9)28-2)15(19(25)27)18(26)24-13-5-3-4-12(21)17(13)23/h3-7,10,15H,8H2,1-2H3,(H,24,26). The minimum Gasteiger partial charge on any atom is -0.494 e. The summed E-state index contributed by atoms with van der Waals surface area (Å²) in [4.78, 5) is 26.6. The highest BCUT2D eigenvalue weighted by atomic mass is 35.5. The van der Waals surface area contributed by atoms with E-state index in [0.717, 1.165) is 6.07 Å². The van der Waals surface area contributed by atoms with E-state index in [1.165, 1.54) is 43.3 Å². The fourth-order valence-corrected chi connectivity index (χ4v) is 3.47. The second kappa shape index (κ2) is 7.71. The maximum Gasteiger partial charge on any atom is 0.237 e. The first-order chi connectivity index (χ1) is 13.2. The highest BCUT2D eigenvalue weighted by Crippen LogP contribution is 2.38. The van der Waals surface area contributed by atoms with Crippen LogP contribution in [0, 0.1) is 23.4 Å². The number of hydrogen-bond acceptors (Lipinski definition) is 3. The molecule has 1 fully saturated rings. The molecule has 0 saturated carbocycles. The Morgan fingerprint density at radius 2 is 1.96 bits per heavy atom. The van der Waals surface area contributed by atoms with Gasteiger partial charge in [0.25, 0.3) is 0 Å². The fourth-order valence-electron chi connectivity index (χ4n) is 3.25. The van der Waals surface area contributed by atoms with Gasteiger partial charge < -0.3 is 15.0 Å². The summed E-state index contributed by atoms with van der Waals surface area (Å²) in [6.07, 6.45) is 0. The number of ether oxygens (including phenoxy) is 1. The zero-order valence-corrected chi connectivity index (χ0v) is 15.7. The first-order valence-corrected chi connectivity index (χ1v) is 8.65. The number of nitrogens with one attached hydrogen (secondary N) is 1. The van der Waals surface area contributed by atoms with Gasteiger partial charge in [-0.1, -0.05) is 17.7 Å². The second-order valence-electron chi connectivity index (χ2n) is 6.41. The molecule has 148 valence electrons. The molecule has 2 unspecified atom stereocenters. The van der Waals surface area contributed by atoms with E-state index in [-0.39, 0.29) is 23.0 Å². The molecule has 2 aromatic rings. The number of methoxy groups -OCH3 is 1. The van der Waals surface area contributed by atoms with Gasteiger partial charge in [-0.05, 0) is 29.8 Å². The molecule has 0 aromatic heterocycles. The van der Waals surface area contributed by atoms with Crippen molar-refractivity contribution in [2.75, 3.05) is 26.0 Å². The maximum absolute atomic E-state index is 14.0. The molecule has 0 bridgehead atoms. The van der Waals surface area contributed by atoms with Gasteiger partial charge >= 0.3 is 0 Å². The van der Waals surface area contributed by atoms with Crippen molar-refractivity contribution in [1.29, 1.82) is 0 Å². The highest BCUT2D eigenvalue weighted by molar-refractivity contribution is 6.31. The van der Waals surface area contributed by atoms with E-state index in [9.17, 15) is 22.8 Å². The summed E-state index contributed by atoms with van der Waals surface area (Å²) in [6, 6.07) is 6.01. The summed E-state index contributed by atoms with van der Waals surface area (Å²) < 4.78 is 46.2. The lowest BCUT2D eigenvalue weighted by Gasteiger charge is -2.18. The molecule has 2 aromatic carbocycles. The van der Waals surface area contributed by atoms with Crippen molar-refractivity contribution in [3.63, 3.8) is 0 Å². The summed E-state index contributed by atoms with van der Waals surface area (Å²) in [5.74, 6) is -6.44. The number of anilines is 1. The molecule has 2 atom stereocenters. The molecule has 3 rings (SSSR count). The Bertz CT molecular complexity index is 954. The van der Waals surface area contributed by atoms with Crippen molar-refractivity contribution in [2.24, 2.45) is 5.92 Å². The van der Waals surface area contributed by atoms with E-state index in [1.807, 2.05) is 0 Å². The second-order valence-corrected chi connectivity index (χ2v) is 6.82. The Hall–Kier alpha value is -2.74. The normalized spacial score (nSPS) is 19.1. The number of halogens is 4. The molecule has 1 N–H and O–H groups in total. The third-order valence-electron chi connectivity index (χ3n) is 4.67. The maximum atomic E-state index is 14.0. The summed E-state index contributed by atoms with van der Waals surface area (Å²) >= 11 is 5.90. The van der Waals surface area contributed by atoms with Gasteiger partial charge in [0.15, 0.2) is 23.2 Å². The van der Waals surface area contributed by atoms with Crippen LogP contribution in [-0.4, -0.2) is 37.4 Å². The number of nitrogens with zero attached hydrogens (tertiary/aromatic N) is 1. The summed E-state index contributed by atoms with van der Waals surface area (Å²) in [5.41, 5.74) is 0.0432. The highest BCUT2D eigenvalue weighted by Gasteiger charge is 2.44. The molecule has 1 aliphatic heterocycles. The van der Waals surface area contributed by atoms with E-state index in [2.05, 4.69) is 5.32 Å². The van der Waals surface area contributed by atoms with Gasteiger partial charge in [-0.15, -0.1) is 0 Å². The van der Waals surface area contributed by atoms with Crippen LogP contribution in [0.1, 0.15) is 11.5 Å². The number of likely N-dealkylation sites (N-methyl/N-ethyl adjacent to an activating group) is 1. The molecule has 0 spiro atoms. The Morgan fingerprint density at radius 1 is 1.25 bits per heavy atom. The SMILES string of the molecule is COc1cc(C2CN(C)C(=O)C2C(=O)Nc2cccc(F)c2F)cc(Cl)c1F. The van der Waals surface area contributed by atoms with Gasteiger partial charge in [0.05, 0.1) is 17.8 Å². The average molecular weight is 413 g/mol. The minimum atomic E-state index is -1.22. The van der Waals surface area contributed by atoms with Gasteiger partial charge in [-0.2, -0.15) is 0 Å². The number of carbonyl (C=O) groups excluding carboxylic acids is 2. The topological polar surface area (TPSA) is 58.6 Å². The quantitative estimate of drug-likeness (QED) is 0.781. The van der Waals surface area contributed by atoms with E-state index < -0.39 is 41.1 Å².